The van der Waals surface area contributed by atoms with Gasteiger partial charge in [-0.15, -0.1) is 0 Å². The van der Waals surface area contributed by atoms with Gasteiger partial charge in [0.15, 0.2) is 0 Å². The summed E-state index contributed by atoms with van der Waals surface area (Å²) in [6, 6.07) is 31.5. The van der Waals surface area contributed by atoms with Crippen LogP contribution in [0.25, 0.3) is 21.8 Å². The van der Waals surface area contributed by atoms with E-state index in [4.69, 9.17) is 23.2 Å². The van der Waals surface area contributed by atoms with E-state index in [0.717, 1.165) is 104 Å². The first-order chi connectivity index (χ1) is 29.1. The standard InChI is InChI=1S/C49H49Cl2N7O2/c1-2-56-41-6-4-3-5-39(41)40-19-38(15-16-42(40)56)57(43(59)48-24-30-17-31(25-48)21-46(20-30,28-48)34-7-11-36(50)12-8-34)58(45-52-54-55-53-45)44(60)49-26-32-18-33(27-49)23-47(22-32,29-49)35-9-13-37(51)14-10-35/h3-16,19,30-33H,2,17-18,20-29H2,1H3,(H,52,53,54,55). The number of tetrazole rings is 1. The van der Waals surface area contributed by atoms with Gasteiger partial charge in [0.1, 0.15) is 0 Å². The Bertz CT molecular complexity index is 2660. The first-order valence-corrected chi connectivity index (χ1v) is 22.8. The van der Waals surface area contributed by atoms with Crippen molar-refractivity contribution < 1.29 is 9.59 Å². The van der Waals surface area contributed by atoms with Gasteiger partial charge in [-0.3, -0.25) is 9.59 Å². The minimum Gasteiger partial charge on any atom is -0.341 e. The van der Waals surface area contributed by atoms with Gasteiger partial charge in [0.05, 0.1) is 16.5 Å². The number of amides is 2. The van der Waals surface area contributed by atoms with Crippen molar-refractivity contribution in [3.8, 4) is 0 Å². The first-order valence-electron chi connectivity index (χ1n) is 22.0. The molecule has 2 heterocycles. The molecule has 0 aliphatic heterocycles. The van der Waals surface area contributed by atoms with Crippen LogP contribution < -0.4 is 10.0 Å². The van der Waals surface area contributed by atoms with Crippen LogP contribution in [-0.2, 0) is 27.0 Å². The number of nitrogens with zero attached hydrogens (tertiary/aromatic N) is 6. The number of halogens is 2. The maximum Gasteiger partial charge on any atom is 0.269 e. The van der Waals surface area contributed by atoms with Crippen molar-refractivity contribution in [2.75, 3.05) is 10.0 Å². The Morgan fingerprint density at radius 3 is 1.70 bits per heavy atom. The van der Waals surface area contributed by atoms with Gasteiger partial charge in [0, 0.05) is 38.4 Å². The second-order valence-electron chi connectivity index (χ2n) is 20.0. The summed E-state index contributed by atoms with van der Waals surface area (Å²) < 4.78 is 2.32. The smallest absolute Gasteiger partial charge is 0.269 e. The van der Waals surface area contributed by atoms with E-state index in [-0.39, 0.29) is 28.6 Å². The first kappa shape index (κ1) is 37.1. The van der Waals surface area contributed by atoms with E-state index >= 15 is 9.59 Å². The van der Waals surface area contributed by atoms with Gasteiger partial charge < -0.3 is 4.57 Å². The van der Waals surface area contributed by atoms with Gasteiger partial charge in [-0.2, -0.15) is 5.01 Å². The van der Waals surface area contributed by atoms with Crippen molar-refractivity contribution in [3.05, 3.63) is 112 Å². The lowest BCUT2D eigenvalue weighted by Crippen LogP contribution is -2.66. The molecule has 0 radical (unpaired) electrons. The number of para-hydroxylation sites is 1. The van der Waals surface area contributed by atoms with E-state index in [1.807, 2.05) is 30.3 Å². The maximum atomic E-state index is 16.5. The molecule has 4 atom stereocenters. The number of anilines is 2. The maximum absolute atomic E-state index is 16.5. The summed E-state index contributed by atoms with van der Waals surface area (Å²) in [5.74, 6) is 1.70. The van der Waals surface area contributed by atoms with Crippen molar-refractivity contribution in [3.63, 3.8) is 0 Å². The predicted molar refractivity (Wildman–Crippen MR) is 235 cm³/mol. The molecule has 8 aliphatic carbocycles. The van der Waals surface area contributed by atoms with E-state index in [1.165, 1.54) is 11.1 Å². The number of hydrogen-bond acceptors (Lipinski definition) is 5. The third kappa shape index (κ3) is 5.39. The number of benzene rings is 4. The molecule has 306 valence electrons. The van der Waals surface area contributed by atoms with Crippen molar-refractivity contribution in [1.29, 1.82) is 0 Å². The summed E-state index contributed by atoms with van der Waals surface area (Å²) in [6.07, 6.45) is 11.1. The molecule has 0 saturated heterocycles. The van der Waals surface area contributed by atoms with Gasteiger partial charge in [0.25, 0.3) is 17.8 Å². The number of aromatic nitrogens is 5. The number of carbonyl (C=O) groups excluding carboxylic acids is 2. The fourth-order valence-corrected chi connectivity index (χ4v) is 15.4. The number of fused-ring (bicyclic) bond motifs is 3. The summed E-state index contributed by atoms with van der Waals surface area (Å²) >= 11 is 12.9. The van der Waals surface area contributed by atoms with Crippen molar-refractivity contribution in [1.82, 2.24) is 25.2 Å². The zero-order valence-corrected chi connectivity index (χ0v) is 35.4. The second-order valence-corrected chi connectivity index (χ2v) is 20.9. The van der Waals surface area contributed by atoms with E-state index in [1.54, 1.807) is 10.0 Å². The van der Waals surface area contributed by atoms with Crippen LogP contribution in [0.15, 0.2) is 91.0 Å². The molecule has 0 spiro atoms. The highest BCUT2D eigenvalue weighted by Gasteiger charge is 2.65. The molecule has 8 bridgehead atoms. The Labute approximate surface area is 359 Å². The van der Waals surface area contributed by atoms with Crippen LogP contribution in [-0.4, -0.2) is 37.0 Å². The molecule has 4 aromatic carbocycles. The monoisotopic (exact) mass is 837 g/mol. The van der Waals surface area contributed by atoms with E-state index in [2.05, 4.69) is 92.8 Å². The molecular weight excluding hydrogens is 789 g/mol. The highest BCUT2D eigenvalue weighted by Crippen LogP contribution is 2.68. The molecule has 8 fully saturated rings. The summed E-state index contributed by atoms with van der Waals surface area (Å²) in [4.78, 5) is 32.8. The van der Waals surface area contributed by atoms with Crippen LogP contribution in [0, 0.1) is 34.5 Å². The molecule has 9 nitrogen and oxygen atoms in total. The topological polar surface area (TPSA) is 100 Å². The molecular formula is C49H49Cl2N7O2. The van der Waals surface area contributed by atoms with Gasteiger partial charge in [-0.1, -0.05) is 70.8 Å². The number of aryl methyl sites for hydroxylation is 1. The van der Waals surface area contributed by atoms with Crippen LogP contribution in [0.3, 0.4) is 0 Å². The van der Waals surface area contributed by atoms with Gasteiger partial charge >= 0.3 is 0 Å². The van der Waals surface area contributed by atoms with Crippen LogP contribution in [0.2, 0.25) is 10.0 Å². The third-order valence-corrected chi connectivity index (χ3v) is 16.9. The quantitative estimate of drug-likeness (QED) is 0.161. The molecule has 14 rings (SSSR count). The van der Waals surface area contributed by atoms with Gasteiger partial charge in [-0.25, -0.2) is 10.1 Å². The fourth-order valence-electron chi connectivity index (χ4n) is 15.1. The van der Waals surface area contributed by atoms with Crippen LogP contribution >= 0.6 is 23.2 Å². The Kier molecular flexibility index (Phi) is 8.12. The lowest BCUT2D eigenvalue weighted by Gasteiger charge is -2.63. The molecule has 4 unspecified atom stereocenters. The van der Waals surface area contributed by atoms with Crippen molar-refractivity contribution in [2.24, 2.45) is 34.5 Å². The highest BCUT2D eigenvalue weighted by molar-refractivity contribution is 6.30. The van der Waals surface area contributed by atoms with E-state index in [9.17, 15) is 0 Å². The molecule has 2 amide bonds. The van der Waals surface area contributed by atoms with Crippen LogP contribution in [0.4, 0.5) is 11.6 Å². The van der Waals surface area contributed by atoms with Gasteiger partial charge in [-0.05, 0) is 189 Å². The second kappa shape index (κ2) is 13.1. The van der Waals surface area contributed by atoms with Crippen LogP contribution in [0.5, 0.6) is 0 Å². The summed E-state index contributed by atoms with van der Waals surface area (Å²) in [7, 11) is 0. The number of hydrazine groups is 1. The number of rotatable bonds is 7. The van der Waals surface area contributed by atoms with E-state index in [0.29, 0.717) is 40.8 Å². The number of H-pyrrole nitrogens is 1. The molecule has 6 aromatic rings. The average Bonchev–Trinajstić information content (AvgIpc) is 3.88. The Morgan fingerprint density at radius 2 is 1.18 bits per heavy atom. The largest absolute Gasteiger partial charge is 0.341 e. The molecule has 8 aliphatic rings. The Balaban J connectivity index is 1.04. The lowest BCUT2D eigenvalue weighted by atomic mass is 9.42. The third-order valence-electron chi connectivity index (χ3n) is 16.4. The number of aromatic amines is 1. The average molecular weight is 839 g/mol. The normalized spacial score (nSPS) is 32.2. The predicted octanol–water partition coefficient (Wildman–Crippen LogP) is 11.0. The Hall–Kier alpha value is -4.73. The summed E-state index contributed by atoms with van der Waals surface area (Å²) in [5.41, 5.74) is 3.76. The minimum atomic E-state index is -0.705. The lowest BCUT2D eigenvalue weighted by molar-refractivity contribution is -0.151. The van der Waals surface area contributed by atoms with Crippen molar-refractivity contribution in [2.45, 2.75) is 101 Å². The molecule has 1 N–H and O–H groups in total. The SMILES string of the molecule is CCn1c2ccccc2c2cc(N(C(=O)C34CC5CC(C3)CC(c3ccc(Cl)cc3)(C5)C4)N(C(=O)C34CC5CC(C3)CC(c3ccc(Cl)cc3)(C5)C4)c3nnn[nH]3)ccc21. The van der Waals surface area contributed by atoms with E-state index < -0.39 is 10.8 Å². The Morgan fingerprint density at radius 1 is 0.667 bits per heavy atom. The summed E-state index contributed by atoms with van der Waals surface area (Å²) in [6.45, 7) is 2.97. The molecule has 2 aromatic heterocycles. The summed E-state index contributed by atoms with van der Waals surface area (Å²) in [5, 5.41) is 22.6. The molecule has 8 saturated carbocycles. The fraction of sp³-hybridized carbons (Fsp3) is 0.449. The zero-order valence-electron chi connectivity index (χ0n) is 33.9. The zero-order chi connectivity index (χ0) is 40.6. The number of nitrogens with one attached hydrogen (secondary N) is 1. The minimum absolute atomic E-state index is 0.0320. The number of hydrogen-bond donors (Lipinski definition) is 1. The van der Waals surface area contributed by atoms with Crippen LogP contribution in [0.1, 0.15) is 95.1 Å². The molecule has 60 heavy (non-hydrogen) atoms. The highest BCUT2D eigenvalue weighted by atomic mass is 35.5. The molecule has 11 heteroatoms. The number of carbonyl (C=O) groups is 2. The van der Waals surface area contributed by atoms with Crippen molar-refractivity contribution >= 4 is 68.5 Å². The van der Waals surface area contributed by atoms with Gasteiger partial charge in [0.2, 0.25) is 0 Å².